The largest absolute Gasteiger partial charge is 0.469 e. The van der Waals surface area contributed by atoms with E-state index in [1.165, 1.54) is 7.11 Å². The molecule has 0 N–H and O–H groups in total. The Bertz CT molecular complexity index is 418. The summed E-state index contributed by atoms with van der Waals surface area (Å²) in [6.45, 7) is 0. The summed E-state index contributed by atoms with van der Waals surface area (Å²) in [7, 11) is 1.35. The highest BCUT2D eigenvalue weighted by molar-refractivity contribution is 9.10. The summed E-state index contributed by atoms with van der Waals surface area (Å²) in [5, 5.41) is -0.508. The third-order valence-electron chi connectivity index (χ3n) is 2.09. The first-order valence-electron chi connectivity index (χ1n) is 4.59. The standard InChI is InChI=1S/C11H10BrClO3/c1-16-10(14)5-3-7-2-4-8(11(13)15)9(12)6-7/h2,4,6H,3,5H2,1H3. The van der Waals surface area contributed by atoms with Crippen molar-refractivity contribution < 1.29 is 14.3 Å². The first-order chi connectivity index (χ1) is 7.54. The number of rotatable bonds is 4. The van der Waals surface area contributed by atoms with Gasteiger partial charge in [-0.3, -0.25) is 9.59 Å². The zero-order valence-electron chi connectivity index (χ0n) is 8.63. The predicted molar refractivity (Wildman–Crippen MR) is 64.7 cm³/mol. The van der Waals surface area contributed by atoms with E-state index in [-0.39, 0.29) is 5.97 Å². The Hall–Kier alpha value is -0.870. The van der Waals surface area contributed by atoms with Gasteiger partial charge in [0.25, 0.3) is 5.24 Å². The average Bonchev–Trinajstić information content (AvgIpc) is 2.25. The predicted octanol–water partition coefficient (Wildman–Crippen LogP) is 2.93. The quantitative estimate of drug-likeness (QED) is 0.634. The van der Waals surface area contributed by atoms with Gasteiger partial charge >= 0.3 is 5.97 Å². The van der Waals surface area contributed by atoms with E-state index >= 15 is 0 Å². The second-order valence-electron chi connectivity index (χ2n) is 3.16. The minimum Gasteiger partial charge on any atom is -0.469 e. The monoisotopic (exact) mass is 304 g/mol. The van der Waals surface area contributed by atoms with Gasteiger partial charge in [-0.2, -0.15) is 0 Å². The smallest absolute Gasteiger partial charge is 0.305 e. The Morgan fingerprint density at radius 1 is 1.44 bits per heavy atom. The maximum atomic E-state index is 11.0. The second-order valence-corrected chi connectivity index (χ2v) is 4.36. The van der Waals surface area contributed by atoms with Gasteiger partial charge in [-0.25, -0.2) is 0 Å². The minimum absolute atomic E-state index is 0.256. The summed E-state index contributed by atoms with van der Waals surface area (Å²) in [6.07, 6.45) is 0.888. The molecule has 0 unspecified atom stereocenters. The van der Waals surface area contributed by atoms with Crippen LogP contribution in [0, 0.1) is 0 Å². The third-order valence-corrected chi connectivity index (χ3v) is 2.95. The van der Waals surface area contributed by atoms with Crippen LogP contribution in [0.1, 0.15) is 22.3 Å². The zero-order chi connectivity index (χ0) is 12.1. The van der Waals surface area contributed by atoms with Crippen LogP contribution in [0.5, 0.6) is 0 Å². The molecule has 0 spiro atoms. The minimum atomic E-state index is -0.508. The van der Waals surface area contributed by atoms with Crippen LogP contribution < -0.4 is 0 Å². The van der Waals surface area contributed by atoms with Gasteiger partial charge in [-0.05, 0) is 51.6 Å². The molecular weight excluding hydrogens is 295 g/mol. The fourth-order valence-corrected chi connectivity index (χ4v) is 2.11. The highest BCUT2D eigenvalue weighted by Gasteiger charge is 2.08. The molecule has 0 aliphatic heterocycles. The number of carbonyl (C=O) groups is 2. The van der Waals surface area contributed by atoms with Crippen LogP contribution in [-0.2, 0) is 16.0 Å². The lowest BCUT2D eigenvalue weighted by Gasteiger charge is -2.03. The number of hydrogen-bond donors (Lipinski definition) is 0. The van der Waals surface area contributed by atoms with Gasteiger partial charge in [0.2, 0.25) is 0 Å². The Balaban J connectivity index is 2.74. The first kappa shape index (κ1) is 13.2. The molecule has 0 aliphatic rings. The number of benzene rings is 1. The van der Waals surface area contributed by atoms with E-state index in [9.17, 15) is 9.59 Å². The molecule has 0 heterocycles. The van der Waals surface area contributed by atoms with Crippen molar-refractivity contribution in [3.05, 3.63) is 33.8 Å². The lowest BCUT2D eigenvalue weighted by atomic mass is 10.1. The van der Waals surface area contributed by atoms with E-state index < -0.39 is 5.24 Å². The summed E-state index contributed by atoms with van der Waals surface area (Å²) in [6, 6.07) is 5.17. The molecule has 0 bridgehead atoms. The molecule has 0 aromatic heterocycles. The Morgan fingerprint density at radius 3 is 2.62 bits per heavy atom. The molecule has 0 amide bonds. The maximum Gasteiger partial charge on any atom is 0.305 e. The van der Waals surface area contributed by atoms with Gasteiger partial charge in [-0.15, -0.1) is 0 Å². The summed E-state index contributed by atoms with van der Waals surface area (Å²) < 4.78 is 5.17. The average molecular weight is 306 g/mol. The number of halogens is 2. The molecule has 5 heteroatoms. The van der Waals surface area contributed by atoms with Crippen LogP contribution >= 0.6 is 27.5 Å². The van der Waals surface area contributed by atoms with E-state index in [4.69, 9.17) is 11.6 Å². The fraction of sp³-hybridized carbons (Fsp3) is 0.273. The summed E-state index contributed by atoms with van der Waals surface area (Å²) >= 11 is 8.62. The molecule has 1 rings (SSSR count). The summed E-state index contributed by atoms with van der Waals surface area (Å²) in [5.41, 5.74) is 1.36. The Kier molecular flexibility index (Phi) is 4.96. The van der Waals surface area contributed by atoms with Crippen LogP contribution in [0.15, 0.2) is 22.7 Å². The highest BCUT2D eigenvalue weighted by atomic mass is 79.9. The molecule has 1 aromatic carbocycles. The van der Waals surface area contributed by atoms with E-state index in [0.717, 1.165) is 5.56 Å². The lowest BCUT2D eigenvalue weighted by Crippen LogP contribution is -2.02. The first-order valence-corrected chi connectivity index (χ1v) is 5.76. The van der Waals surface area contributed by atoms with Crippen molar-refractivity contribution in [3.8, 4) is 0 Å². The molecule has 0 aliphatic carbocycles. The van der Waals surface area contributed by atoms with Gasteiger partial charge in [0.1, 0.15) is 0 Å². The van der Waals surface area contributed by atoms with E-state index in [1.807, 2.05) is 0 Å². The number of aryl methyl sites for hydroxylation is 1. The van der Waals surface area contributed by atoms with Gasteiger partial charge in [0.15, 0.2) is 0 Å². The van der Waals surface area contributed by atoms with E-state index in [1.54, 1.807) is 18.2 Å². The number of esters is 1. The zero-order valence-corrected chi connectivity index (χ0v) is 11.0. The molecule has 0 saturated carbocycles. The van der Waals surface area contributed by atoms with Gasteiger partial charge in [-0.1, -0.05) is 6.07 Å². The van der Waals surface area contributed by atoms with Gasteiger partial charge in [0.05, 0.1) is 7.11 Å². The molecule has 16 heavy (non-hydrogen) atoms. The maximum absolute atomic E-state index is 11.0. The van der Waals surface area contributed by atoms with Crippen molar-refractivity contribution >= 4 is 38.7 Å². The Morgan fingerprint density at radius 2 is 2.12 bits per heavy atom. The molecule has 0 atom stereocenters. The van der Waals surface area contributed by atoms with Crippen molar-refractivity contribution in [2.45, 2.75) is 12.8 Å². The number of hydrogen-bond acceptors (Lipinski definition) is 3. The van der Waals surface area contributed by atoms with Crippen LogP contribution in [0.3, 0.4) is 0 Å². The highest BCUT2D eigenvalue weighted by Crippen LogP contribution is 2.21. The molecular formula is C11H10BrClO3. The number of carbonyl (C=O) groups excluding carboxylic acids is 2. The third kappa shape index (κ3) is 3.61. The van der Waals surface area contributed by atoms with Crippen LogP contribution in [0.2, 0.25) is 0 Å². The Labute approximate surface area is 107 Å². The summed E-state index contributed by atoms with van der Waals surface area (Å²) in [5.74, 6) is -0.256. The van der Waals surface area contributed by atoms with Crippen molar-refractivity contribution in [1.82, 2.24) is 0 Å². The lowest BCUT2D eigenvalue weighted by molar-refractivity contribution is -0.140. The van der Waals surface area contributed by atoms with Crippen molar-refractivity contribution in [2.24, 2.45) is 0 Å². The molecule has 0 saturated heterocycles. The molecule has 86 valence electrons. The van der Waals surface area contributed by atoms with Crippen LogP contribution in [0.25, 0.3) is 0 Å². The van der Waals surface area contributed by atoms with Gasteiger partial charge in [0, 0.05) is 16.5 Å². The number of ether oxygens (including phenoxy) is 1. The fourth-order valence-electron chi connectivity index (χ4n) is 1.22. The van der Waals surface area contributed by atoms with Gasteiger partial charge < -0.3 is 4.74 Å². The van der Waals surface area contributed by atoms with Crippen molar-refractivity contribution in [3.63, 3.8) is 0 Å². The molecule has 0 fully saturated rings. The second kappa shape index (κ2) is 6.01. The summed E-state index contributed by atoms with van der Waals surface area (Å²) in [4.78, 5) is 21.9. The normalized spacial score (nSPS) is 9.94. The number of methoxy groups -OCH3 is 1. The SMILES string of the molecule is COC(=O)CCc1ccc(C(=O)Cl)c(Br)c1. The van der Waals surface area contributed by atoms with E-state index in [2.05, 4.69) is 20.7 Å². The van der Waals surface area contributed by atoms with Crippen molar-refractivity contribution in [2.75, 3.05) is 7.11 Å². The molecule has 3 nitrogen and oxygen atoms in total. The van der Waals surface area contributed by atoms with Crippen LogP contribution in [-0.4, -0.2) is 18.3 Å². The molecule has 1 aromatic rings. The molecule has 0 radical (unpaired) electrons. The topological polar surface area (TPSA) is 43.4 Å². The van der Waals surface area contributed by atoms with E-state index in [0.29, 0.717) is 22.9 Å². The van der Waals surface area contributed by atoms with Crippen molar-refractivity contribution in [1.29, 1.82) is 0 Å². The van der Waals surface area contributed by atoms with Crippen LogP contribution in [0.4, 0.5) is 0 Å².